The molecule has 3 aromatic carbocycles. The number of hydrogen-bond acceptors (Lipinski definition) is 4. The zero-order valence-corrected chi connectivity index (χ0v) is 17.6. The van der Waals surface area contributed by atoms with Crippen molar-refractivity contribution >= 4 is 62.2 Å². The van der Waals surface area contributed by atoms with Crippen molar-refractivity contribution in [3.63, 3.8) is 0 Å². The van der Waals surface area contributed by atoms with Crippen LogP contribution in [0.1, 0.15) is 26.3 Å². The topological polar surface area (TPSA) is 89.3 Å². The molecule has 0 saturated heterocycles. The van der Waals surface area contributed by atoms with Crippen LogP contribution in [-0.2, 0) is 0 Å². The van der Waals surface area contributed by atoms with Gasteiger partial charge >= 0.3 is 0 Å². The molecule has 0 aliphatic carbocycles. The van der Waals surface area contributed by atoms with E-state index in [4.69, 9.17) is 23.2 Å². The molecule has 0 aliphatic heterocycles. The van der Waals surface area contributed by atoms with E-state index in [-0.39, 0.29) is 38.1 Å². The number of nitro benzene ring substituents is 1. The lowest BCUT2D eigenvalue weighted by Gasteiger charge is -2.12. The Morgan fingerprint density at radius 2 is 1.59 bits per heavy atom. The molecule has 9 heteroatoms. The molecule has 3 aromatic rings. The highest BCUT2D eigenvalue weighted by Crippen LogP contribution is 2.28. The van der Waals surface area contributed by atoms with Gasteiger partial charge in [0.25, 0.3) is 11.6 Å². The van der Waals surface area contributed by atoms with Gasteiger partial charge in [-0.15, -0.1) is 0 Å². The minimum absolute atomic E-state index is 0.0455. The molecule has 3 rings (SSSR count). The van der Waals surface area contributed by atoms with Crippen LogP contribution in [0.5, 0.6) is 0 Å². The Hall–Kier alpha value is -2.74. The van der Waals surface area contributed by atoms with Crippen LogP contribution in [0.25, 0.3) is 0 Å². The van der Waals surface area contributed by atoms with E-state index in [0.717, 1.165) is 6.07 Å². The van der Waals surface area contributed by atoms with Crippen LogP contribution in [0, 0.1) is 10.1 Å². The van der Waals surface area contributed by atoms with Gasteiger partial charge in [0.05, 0.1) is 26.2 Å². The van der Waals surface area contributed by atoms with Crippen molar-refractivity contribution in [1.29, 1.82) is 0 Å². The SMILES string of the molecule is O=C(Nc1ccc(Br)cc1C(=O)c1ccccc1Cl)c1cc([N+](=O)[O-])ccc1Cl. The van der Waals surface area contributed by atoms with Crippen LogP contribution in [-0.4, -0.2) is 16.6 Å². The van der Waals surface area contributed by atoms with Crippen LogP contribution >= 0.6 is 39.1 Å². The Balaban J connectivity index is 2.00. The lowest BCUT2D eigenvalue weighted by atomic mass is 10.0. The molecule has 0 saturated carbocycles. The lowest BCUT2D eigenvalue weighted by molar-refractivity contribution is -0.384. The second-order valence-corrected chi connectivity index (χ2v) is 7.60. The van der Waals surface area contributed by atoms with Crippen molar-refractivity contribution in [1.82, 2.24) is 0 Å². The van der Waals surface area contributed by atoms with Crippen LogP contribution in [0.2, 0.25) is 10.0 Å². The second kappa shape index (κ2) is 8.73. The van der Waals surface area contributed by atoms with Gasteiger partial charge < -0.3 is 5.32 Å². The van der Waals surface area contributed by atoms with Gasteiger partial charge in [-0.2, -0.15) is 0 Å². The number of ketones is 1. The minimum Gasteiger partial charge on any atom is -0.321 e. The number of nitro groups is 1. The fraction of sp³-hybridized carbons (Fsp3) is 0. The zero-order chi connectivity index (χ0) is 21.1. The fourth-order valence-electron chi connectivity index (χ4n) is 2.59. The standard InChI is InChI=1S/C20H11BrCl2N2O4/c21-11-5-8-18(15(9-11)19(26)13-3-1-2-4-16(13)22)24-20(27)14-10-12(25(28)29)6-7-17(14)23/h1-10H,(H,24,27). The summed E-state index contributed by atoms with van der Waals surface area (Å²) in [5, 5.41) is 13.9. The number of non-ortho nitro benzene ring substituents is 1. The van der Waals surface area contributed by atoms with E-state index in [1.807, 2.05) is 0 Å². The maximum atomic E-state index is 13.0. The largest absolute Gasteiger partial charge is 0.321 e. The average Bonchev–Trinajstić information content (AvgIpc) is 2.69. The molecule has 1 amide bonds. The third-order valence-electron chi connectivity index (χ3n) is 4.00. The summed E-state index contributed by atoms with van der Waals surface area (Å²) in [6, 6.07) is 14.8. The zero-order valence-electron chi connectivity index (χ0n) is 14.5. The Morgan fingerprint density at radius 3 is 2.28 bits per heavy atom. The van der Waals surface area contributed by atoms with Crippen LogP contribution < -0.4 is 5.32 Å². The molecule has 0 spiro atoms. The summed E-state index contributed by atoms with van der Waals surface area (Å²) in [5.41, 5.74) is 0.326. The van der Waals surface area contributed by atoms with Gasteiger partial charge in [0.1, 0.15) is 0 Å². The molecule has 6 nitrogen and oxygen atoms in total. The van der Waals surface area contributed by atoms with E-state index < -0.39 is 16.6 Å². The van der Waals surface area contributed by atoms with Crippen LogP contribution in [0.4, 0.5) is 11.4 Å². The lowest BCUT2D eigenvalue weighted by Crippen LogP contribution is -2.16. The highest BCUT2D eigenvalue weighted by atomic mass is 79.9. The Labute approximate surface area is 183 Å². The molecular formula is C20H11BrCl2N2O4. The summed E-state index contributed by atoms with van der Waals surface area (Å²) in [6.07, 6.45) is 0. The molecule has 0 fully saturated rings. The van der Waals surface area contributed by atoms with Gasteiger partial charge in [0, 0.05) is 27.7 Å². The molecule has 0 heterocycles. The molecule has 0 aliphatic rings. The number of carbonyl (C=O) groups excluding carboxylic acids is 2. The fourth-order valence-corrected chi connectivity index (χ4v) is 3.38. The monoisotopic (exact) mass is 492 g/mol. The molecule has 0 bridgehead atoms. The summed E-state index contributed by atoms with van der Waals surface area (Å²) >= 11 is 15.5. The molecule has 29 heavy (non-hydrogen) atoms. The molecule has 146 valence electrons. The molecule has 0 atom stereocenters. The number of rotatable bonds is 5. The van der Waals surface area contributed by atoms with E-state index in [2.05, 4.69) is 21.2 Å². The number of carbonyl (C=O) groups is 2. The second-order valence-electron chi connectivity index (χ2n) is 5.87. The normalized spacial score (nSPS) is 10.4. The number of nitrogens with one attached hydrogen (secondary N) is 1. The van der Waals surface area contributed by atoms with E-state index in [9.17, 15) is 19.7 Å². The molecule has 1 N–H and O–H groups in total. The Morgan fingerprint density at radius 1 is 0.897 bits per heavy atom. The maximum absolute atomic E-state index is 13.0. The van der Waals surface area contributed by atoms with E-state index in [0.29, 0.717) is 4.47 Å². The van der Waals surface area contributed by atoms with Gasteiger partial charge in [-0.05, 0) is 36.4 Å². The predicted octanol–water partition coefficient (Wildman–Crippen LogP) is 6.15. The van der Waals surface area contributed by atoms with Crippen molar-refractivity contribution in [3.05, 3.63) is 102 Å². The first-order valence-electron chi connectivity index (χ1n) is 8.12. The molecule has 0 aromatic heterocycles. The third-order valence-corrected chi connectivity index (χ3v) is 5.15. The van der Waals surface area contributed by atoms with Crippen molar-refractivity contribution < 1.29 is 14.5 Å². The number of benzene rings is 3. The number of halogens is 3. The summed E-state index contributed by atoms with van der Waals surface area (Å²) in [6.45, 7) is 0. The number of amides is 1. The van der Waals surface area contributed by atoms with Gasteiger partial charge in [0.15, 0.2) is 5.78 Å². The molecule has 0 unspecified atom stereocenters. The van der Waals surface area contributed by atoms with Gasteiger partial charge in [0.2, 0.25) is 0 Å². The Bertz CT molecular complexity index is 1150. The number of nitrogens with zero attached hydrogens (tertiary/aromatic N) is 1. The third kappa shape index (κ3) is 4.64. The van der Waals surface area contributed by atoms with Crippen LogP contribution in [0.3, 0.4) is 0 Å². The van der Waals surface area contributed by atoms with Crippen molar-refractivity contribution in [2.45, 2.75) is 0 Å². The first-order valence-corrected chi connectivity index (χ1v) is 9.67. The first-order chi connectivity index (χ1) is 13.8. The van der Waals surface area contributed by atoms with Crippen LogP contribution in [0.15, 0.2) is 65.1 Å². The average molecular weight is 494 g/mol. The Kier molecular flexibility index (Phi) is 6.32. The van der Waals surface area contributed by atoms with Crippen molar-refractivity contribution in [2.75, 3.05) is 5.32 Å². The summed E-state index contributed by atoms with van der Waals surface area (Å²) in [7, 11) is 0. The summed E-state index contributed by atoms with van der Waals surface area (Å²) < 4.78 is 0.624. The van der Waals surface area contributed by atoms with Gasteiger partial charge in [-0.1, -0.05) is 51.3 Å². The highest BCUT2D eigenvalue weighted by Gasteiger charge is 2.21. The number of anilines is 1. The van der Waals surface area contributed by atoms with Gasteiger partial charge in [-0.3, -0.25) is 19.7 Å². The maximum Gasteiger partial charge on any atom is 0.270 e. The molecule has 0 radical (unpaired) electrons. The number of hydrogen-bond donors (Lipinski definition) is 1. The van der Waals surface area contributed by atoms with Crippen molar-refractivity contribution in [2.24, 2.45) is 0 Å². The first kappa shape index (κ1) is 21.0. The van der Waals surface area contributed by atoms with E-state index >= 15 is 0 Å². The summed E-state index contributed by atoms with van der Waals surface area (Å²) in [4.78, 5) is 36.1. The minimum atomic E-state index is -0.686. The van der Waals surface area contributed by atoms with E-state index in [1.165, 1.54) is 18.2 Å². The van der Waals surface area contributed by atoms with Crippen molar-refractivity contribution in [3.8, 4) is 0 Å². The predicted molar refractivity (Wildman–Crippen MR) is 115 cm³/mol. The smallest absolute Gasteiger partial charge is 0.270 e. The quantitative estimate of drug-likeness (QED) is 0.262. The summed E-state index contributed by atoms with van der Waals surface area (Å²) in [5.74, 6) is -1.08. The van der Waals surface area contributed by atoms with Gasteiger partial charge in [-0.25, -0.2) is 0 Å². The molecular weight excluding hydrogens is 483 g/mol. The van der Waals surface area contributed by atoms with E-state index in [1.54, 1.807) is 36.4 Å². The highest BCUT2D eigenvalue weighted by molar-refractivity contribution is 9.10.